The van der Waals surface area contributed by atoms with Gasteiger partial charge in [-0.1, -0.05) is 18.5 Å². The highest BCUT2D eigenvalue weighted by Gasteiger charge is 2.36. The van der Waals surface area contributed by atoms with Crippen molar-refractivity contribution < 1.29 is 4.79 Å². The van der Waals surface area contributed by atoms with Crippen molar-refractivity contribution in [3.05, 3.63) is 52.3 Å². The Bertz CT molecular complexity index is 766. The first-order valence-electron chi connectivity index (χ1n) is 8.29. The highest BCUT2D eigenvalue weighted by atomic mass is 35.5. The van der Waals surface area contributed by atoms with Crippen LogP contribution in [0.15, 0.2) is 30.3 Å². The summed E-state index contributed by atoms with van der Waals surface area (Å²) in [6.07, 6.45) is 0.963. The summed E-state index contributed by atoms with van der Waals surface area (Å²) in [4.78, 5) is 14.9. The molecular weight excluding hydrogens is 322 g/mol. The number of hydrogen-bond acceptors (Lipinski definition) is 2. The number of nitrogens with two attached hydrogens (primary N) is 1. The Kier molecular flexibility index (Phi) is 4.45. The highest BCUT2D eigenvalue weighted by molar-refractivity contribution is 6.30. The summed E-state index contributed by atoms with van der Waals surface area (Å²) in [5, 5.41) is 0.704. The predicted molar refractivity (Wildman–Crippen MR) is 97.9 cm³/mol. The van der Waals surface area contributed by atoms with Gasteiger partial charge in [0.25, 0.3) is 5.91 Å². The van der Waals surface area contributed by atoms with E-state index in [4.69, 9.17) is 17.3 Å². The molecule has 0 aliphatic carbocycles. The molecular formula is C19H24ClN3O. The standard InChI is InChI=1S/C19H24ClN3O/c1-13-10-17(18(24)22-9-8-19(3,11-21)12-22)14(2)23(13)16-6-4-15(20)5-7-16/h4-7,10H,8-9,11-12,21H2,1-3H3. The average molecular weight is 346 g/mol. The number of halogens is 1. The lowest BCUT2D eigenvalue weighted by atomic mass is 9.90. The van der Waals surface area contributed by atoms with Crippen molar-refractivity contribution in [2.45, 2.75) is 27.2 Å². The Morgan fingerprint density at radius 2 is 1.96 bits per heavy atom. The van der Waals surface area contributed by atoms with E-state index in [1.807, 2.05) is 49.1 Å². The van der Waals surface area contributed by atoms with E-state index in [1.165, 1.54) is 0 Å². The molecule has 128 valence electrons. The number of likely N-dealkylation sites (tertiary alicyclic amines) is 1. The van der Waals surface area contributed by atoms with Crippen LogP contribution < -0.4 is 5.73 Å². The lowest BCUT2D eigenvalue weighted by Crippen LogP contribution is -2.34. The van der Waals surface area contributed by atoms with E-state index in [2.05, 4.69) is 11.5 Å². The number of carbonyl (C=O) groups is 1. The van der Waals surface area contributed by atoms with E-state index in [1.54, 1.807) is 0 Å². The Balaban J connectivity index is 1.92. The number of aryl methyl sites for hydroxylation is 1. The molecule has 2 heterocycles. The second kappa shape index (κ2) is 6.26. The molecule has 1 aromatic carbocycles. The van der Waals surface area contributed by atoms with E-state index in [0.717, 1.165) is 42.1 Å². The first kappa shape index (κ1) is 17.1. The summed E-state index contributed by atoms with van der Waals surface area (Å²) in [6.45, 7) is 8.28. The monoisotopic (exact) mass is 345 g/mol. The summed E-state index contributed by atoms with van der Waals surface area (Å²) in [5.74, 6) is 0.0977. The fraction of sp³-hybridized carbons (Fsp3) is 0.421. The molecule has 5 heteroatoms. The summed E-state index contributed by atoms with van der Waals surface area (Å²) >= 11 is 5.98. The van der Waals surface area contributed by atoms with Gasteiger partial charge < -0.3 is 15.2 Å². The lowest BCUT2D eigenvalue weighted by Gasteiger charge is -2.22. The smallest absolute Gasteiger partial charge is 0.255 e. The molecule has 1 aromatic heterocycles. The van der Waals surface area contributed by atoms with Crippen LogP contribution >= 0.6 is 11.6 Å². The third-order valence-electron chi connectivity index (χ3n) is 5.08. The van der Waals surface area contributed by atoms with Gasteiger partial charge >= 0.3 is 0 Å². The van der Waals surface area contributed by atoms with Gasteiger partial charge in [-0.05, 0) is 62.6 Å². The number of carbonyl (C=O) groups excluding carboxylic acids is 1. The van der Waals surface area contributed by atoms with Gasteiger partial charge in [-0.15, -0.1) is 0 Å². The Labute approximate surface area is 148 Å². The molecule has 1 aliphatic rings. The third-order valence-corrected chi connectivity index (χ3v) is 5.34. The van der Waals surface area contributed by atoms with Crippen LogP contribution in [0.25, 0.3) is 5.69 Å². The minimum absolute atomic E-state index is 0.0390. The molecule has 0 bridgehead atoms. The van der Waals surface area contributed by atoms with Gasteiger partial charge in [0.1, 0.15) is 0 Å². The number of benzene rings is 1. The van der Waals surface area contributed by atoms with Gasteiger partial charge in [0.05, 0.1) is 5.56 Å². The van der Waals surface area contributed by atoms with Crippen molar-refractivity contribution >= 4 is 17.5 Å². The van der Waals surface area contributed by atoms with Crippen LogP contribution in [0.4, 0.5) is 0 Å². The molecule has 2 N–H and O–H groups in total. The van der Waals surface area contributed by atoms with Crippen LogP contribution in [0, 0.1) is 19.3 Å². The molecule has 1 unspecified atom stereocenters. The normalized spacial score (nSPS) is 20.6. The quantitative estimate of drug-likeness (QED) is 0.924. The Hall–Kier alpha value is -1.78. The van der Waals surface area contributed by atoms with Crippen LogP contribution in [0.5, 0.6) is 0 Å². The van der Waals surface area contributed by atoms with Crippen LogP contribution in [-0.4, -0.2) is 35.0 Å². The first-order valence-corrected chi connectivity index (χ1v) is 8.67. The topological polar surface area (TPSA) is 51.3 Å². The molecule has 0 saturated carbocycles. The molecule has 3 rings (SSSR count). The minimum atomic E-state index is 0.0390. The first-order chi connectivity index (χ1) is 11.3. The van der Waals surface area contributed by atoms with Crippen LogP contribution in [-0.2, 0) is 0 Å². The van der Waals surface area contributed by atoms with Gasteiger partial charge in [-0.3, -0.25) is 4.79 Å². The summed E-state index contributed by atoms with van der Waals surface area (Å²) in [7, 11) is 0. The summed E-state index contributed by atoms with van der Waals surface area (Å²) < 4.78 is 2.10. The number of amides is 1. The van der Waals surface area contributed by atoms with Crippen molar-refractivity contribution in [3.63, 3.8) is 0 Å². The largest absolute Gasteiger partial charge is 0.338 e. The van der Waals surface area contributed by atoms with Crippen molar-refractivity contribution in [2.75, 3.05) is 19.6 Å². The molecule has 1 amide bonds. The highest BCUT2D eigenvalue weighted by Crippen LogP contribution is 2.31. The molecule has 24 heavy (non-hydrogen) atoms. The third kappa shape index (κ3) is 2.96. The molecule has 1 saturated heterocycles. The lowest BCUT2D eigenvalue weighted by molar-refractivity contribution is 0.0776. The van der Waals surface area contributed by atoms with Crippen molar-refractivity contribution in [1.82, 2.24) is 9.47 Å². The van der Waals surface area contributed by atoms with Crippen LogP contribution in [0.3, 0.4) is 0 Å². The maximum absolute atomic E-state index is 13.0. The Morgan fingerprint density at radius 1 is 1.29 bits per heavy atom. The molecule has 1 aliphatic heterocycles. The molecule has 4 nitrogen and oxygen atoms in total. The van der Waals surface area contributed by atoms with Gasteiger partial charge in [-0.2, -0.15) is 0 Å². The van der Waals surface area contributed by atoms with Crippen molar-refractivity contribution in [1.29, 1.82) is 0 Å². The minimum Gasteiger partial charge on any atom is -0.338 e. The van der Waals surface area contributed by atoms with Gasteiger partial charge in [0, 0.05) is 35.2 Å². The molecule has 1 atom stereocenters. The van der Waals surface area contributed by atoms with E-state index >= 15 is 0 Å². The fourth-order valence-corrected chi connectivity index (χ4v) is 3.63. The molecule has 2 aromatic rings. The zero-order valence-corrected chi connectivity index (χ0v) is 15.2. The molecule has 0 radical (unpaired) electrons. The maximum atomic E-state index is 13.0. The summed E-state index contributed by atoms with van der Waals surface area (Å²) in [5.41, 5.74) is 9.68. The SMILES string of the molecule is Cc1cc(C(=O)N2CCC(C)(CN)C2)c(C)n1-c1ccc(Cl)cc1. The number of aromatic nitrogens is 1. The maximum Gasteiger partial charge on any atom is 0.255 e. The van der Waals surface area contributed by atoms with Crippen molar-refractivity contribution in [2.24, 2.45) is 11.1 Å². The van der Waals surface area contributed by atoms with E-state index in [9.17, 15) is 4.79 Å². The second-order valence-corrected chi connectivity index (χ2v) is 7.52. The van der Waals surface area contributed by atoms with Crippen LogP contribution in [0.1, 0.15) is 35.1 Å². The fourth-order valence-electron chi connectivity index (χ4n) is 3.50. The Morgan fingerprint density at radius 3 is 2.54 bits per heavy atom. The zero-order valence-electron chi connectivity index (χ0n) is 14.5. The van der Waals surface area contributed by atoms with Gasteiger partial charge in [0.15, 0.2) is 0 Å². The number of hydrogen-bond donors (Lipinski definition) is 1. The van der Waals surface area contributed by atoms with Gasteiger partial charge in [0.2, 0.25) is 0 Å². The van der Waals surface area contributed by atoms with Gasteiger partial charge in [-0.25, -0.2) is 0 Å². The zero-order chi connectivity index (χ0) is 17.5. The number of rotatable bonds is 3. The predicted octanol–water partition coefficient (Wildman–Crippen LogP) is 3.56. The molecule has 0 spiro atoms. The van der Waals surface area contributed by atoms with E-state index in [-0.39, 0.29) is 11.3 Å². The molecule has 1 fully saturated rings. The second-order valence-electron chi connectivity index (χ2n) is 7.09. The number of nitrogens with zero attached hydrogens (tertiary/aromatic N) is 2. The van der Waals surface area contributed by atoms with E-state index < -0.39 is 0 Å². The van der Waals surface area contributed by atoms with Crippen molar-refractivity contribution in [3.8, 4) is 5.69 Å². The van der Waals surface area contributed by atoms with Crippen LogP contribution in [0.2, 0.25) is 5.02 Å². The van der Waals surface area contributed by atoms with E-state index in [0.29, 0.717) is 11.6 Å². The summed E-state index contributed by atoms with van der Waals surface area (Å²) in [6, 6.07) is 9.65. The average Bonchev–Trinajstić information content (AvgIpc) is 3.09.